The first-order chi connectivity index (χ1) is 11.2. The summed E-state index contributed by atoms with van der Waals surface area (Å²) >= 11 is 0. The van der Waals surface area contributed by atoms with Gasteiger partial charge >= 0.3 is 0 Å². The zero-order chi connectivity index (χ0) is 16.1. The van der Waals surface area contributed by atoms with Gasteiger partial charge in [0.1, 0.15) is 0 Å². The van der Waals surface area contributed by atoms with Gasteiger partial charge in [0.05, 0.1) is 19.8 Å². The fourth-order valence-electron chi connectivity index (χ4n) is 3.73. The fourth-order valence-corrected chi connectivity index (χ4v) is 3.73. The molecular weight excluding hydrogens is 367 g/mol. The van der Waals surface area contributed by atoms with Gasteiger partial charge < -0.3 is 20.7 Å². The Morgan fingerprint density at radius 1 is 1.12 bits per heavy atom. The van der Waals surface area contributed by atoms with E-state index in [9.17, 15) is 9.59 Å². The van der Waals surface area contributed by atoms with E-state index < -0.39 is 0 Å². The molecule has 9 heteroatoms. The first-order valence-corrected chi connectivity index (χ1v) is 8.75. The topological polar surface area (TPSA) is 82.7 Å². The van der Waals surface area contributed by atoms with Crippen molar-refractivity contribution in [2.45, 2.75) is 19.3 Å². The molecule has 2 saturated heterocycles. The van der Waals surface area contributed by atoms with Crippen LogP contribution in [0.3, 0.4) is 0 Å². The third-order valence-corrected chi connectivity index (χ3v) is 5.38. The third-order valence-electron chi connectivity index (χ3n) is 5.38. The lowest BCUT2D eigenvalue weighted by atomic mass is 9.92. The first-order valence-electron chi connectivity index (χ1n) is 8.75. The maximum Gasteiger partial charge on any atom is 0.239 e. The van der Waals surface area contributed by atoms with Gasteiger partial charge in [0.2, 0.25) is 11.8 Å². The van der Waals surface area contributed by atoms with Crippen LogP contribution in [0.2, 0.25) is 0 Å². The molecule has 0 aromatic rings. The van der Waals surface area contributed by atoms with Gasteiger partial charge in [-0.25, -0.2) is 0 Å². The number of nitrogens with zero attached hydrogens (tertiary/aromatic N) is 1. The molecule has 0 bridgehead atoms. The van der Waals surface area contributed by atoms with Crippen LogP contribution in [0.25, 0.3) is 0 Å². The van der Waals surface area contributed by atoms with Crippen molar-refractivity contribution in [3.8, 4) is 0 Å². The number of carbonyl (C=O) groups excluding carboxylic acids is 2. The molecule has 0 aromatic carbocycles. The molecule has 0 radical (unpaired) electrons. The monoisotopic (exact) mass is 396 g/mol. The van der Waals surface area contributed by atoms with Crippen molar-refractivity contribution in [3.05, 3.63) is 0 Å². The molecule has 1 aliphatic carbocycles. The zero-order valence-electron chi connectivity index (χ0n) is 14.6. The van der Waals surface area contributed by atoms with Crippen molar-refractivity contribution >= 4 is 36.6 Å². The van der Waals surface area contributed by atoms with E-state index in [-0.39, 0.29) is 54.5 Å². The van der Waals surface area contributed by atoms with Crippen LogP contribution in [0.5, 0.6) is 0 Å². The number of rotatable bonds is 6. The minimum atomic E-state index is -0.105. The number of piperidine rings is 1. The predicted molar refractivity (Wildman–Crippen MR) is 100 cm³/mol. The summed E-state index contributed by atoms with van der Waals surface area (Å²) in [4.78, 5) is 26.3. The normalized spacial score (nSPS) is 24.6. The number of morpholine rings is 1. The lowest BCUT2D eigenvalue weighted by Gasteiger charge is -2.26. The molecule has 146 valence electrons. The molecule has 3 aliphatic rings. The SMILES string of the molecule is Cl.Cl.O=C(CNC(=O)C1CC12CCNCC2)NCCN1CCOCC1. The van der Waals surface area contributed by atoms with Crippen molar-refractivity contribution in [1.29, 1.82) is 0 Å². The van der Waals surface area contributed by atoms with Crippen molar-refractivity contribution in [2.75, 3.05) is 59.0 Å². The van der Waals surface area contributed by atoms with Gasteiger partial charge in [-0.2, -0.15) is 0 Å². The summed E-state index contributed by atoms with van der Waals surface area (Å²) < 4.78 is 5.29. The zero-order valence-corrected chi connectivity index (χ0v) is 16.2. The second-order valence-corrected chi connectivity index (χ2v) is 6.89. The van der Waals surface area contributed by atoms with E-state index in [0.717, 1.165) is 65.2 Å². The summed E-state index contributed by atoms with van der Waals surface area (Å²) in [6.45, 7) is 6.93. The van der Waals surface area contributed by atoms with E-state index in [1.54, 1.807) is 0 Å². The molecule has 1 saturated carbocycles. The van der Waals surface area contributed by atoms with Crippen LogP contribution >= 0.6 is 24.8 Å². The molecule has 3 rings (SSSR count). The molecule has 25 heavy (non-hydrogen) atoms. The molecule has 7 nitrogen and oxygen atoms in total. The molecule has 1 spiro atoms. The van der Waals surface area contributed by atoms with Crippen LogP contribution in [0.15, 0.2) is 0 Å². The van der Waals surface area contributed by atoms with E-state index in [4.69, 9.17) is 4.74 Å². The number of carbonyl (C=O) groups is 2. The van der Waals surface area contributed by atoms with E-state index in [1.807, 2.05) is 0 Å². The Labute approximate surface area is 161 Å². The van der Waals surface area contributed by atoms with E-state index in [0.29, 0.717) is 6.54 Å². The van der Waals surface area contributed by atoms with Crippen LogP contribution in [-0.2, 0) is 14.3 Å². The molecule has 2 amide bonds. The summed E-state index contributed by atoms with van der Waals surface area (Å²) in [5.41, 5.74) is 0.224. The Bertz CT molecular complexity index is 441. The van der Waals surface area contributed by atoms with Gasteiger partial charge in [0, 0.05) is 32.1 Å². The van der Waals surface area contributed by atoms with Crippen LogP contribution in [0.1, 0.15) is 19.3 Å². The minimum Gasteiger partial charge on any atom is -0.379 e. The number of halogens is 2. The number of hydrogen-bond acceptors (Lipinski definition) is 5. The van der Waals surface area contributed by atoms with Gasteiger partial charge in [-0.1, -0.05) is 0 Å². The minimum absolute atomic E-state index is 0. The lowest BCUT2D eigenvalue weighted by molar-refractivity contribution is -0.127. The van der Waals surface area contributed by atoms with Gasteiger partial charge in [-0.3, -0.25) is 14.5 Å². The number of nitrogens with one attached hydrogen (secondary N) is 3. The van der Waals surface area contributed by atoms with Crippen LogP contribution < -0.4 is 16.0 Å². The van der Waals surface area contributed by atoms with Gasteiger partial charge in [0.25, 0.3) is 0 Å². The highest BCUT2D eigenvalue weighted by Gasteiger charge is 2.57. The fraction of sp³-hybridized carbons (Fsp3) is 0.875. The molecule has 0 aromatic heterocycles. The molecule has 2 heterocycles. The van der Waals surface area contributed by atoms with Crippen LogP contribution in [0.4, 0.5) is 0 Å². The molecule has 1 atom stereocenters. The quantitative estimate of drug-likeness (QED) is 0.578. The molecule has 2 aliphatic heterocycles. The smallest absolute Gasteiger partial charge is 0.239 e. The van der Waals surface area contributed by atoms with Crippen LogP contribution in [0, 0.1) is 11.3 Å². The van der Waals surface area contributed by atoms with Gasteiger partial charge in [-0.15, -0.1) is 24.8 Å². The lowest BCUT2D eigenvalue weighted by Crippen LogP contribution is -2.44. The third kappa shape index (κ3) is 6.25. The van der Waals surface area contributed by atoms with E-state index in [2.05, 4.69) is 20.9 Å². The summed E-state index contributed by atoms with van der Waals surface area (Å²) in [7, 11) is 0. The van der Waals surface area contributed by atoms with Crippen molar-refractivity contribution in [2.24, 2.45) is 11.3 Å². The number of ether oxygens (including phenoxy) is 1. The summed E-state index contributed by atoms with van der Waals surface area (Å²) in [6, 6.07) is 0. The van der Waals surface area contributed by atoms with Gasteiger partial charge in [-0.05, 0) is 37.8 Å². The summed E-state index contributed by atoms with van der Waals surface area (Å²) in [6.07, 6.45) is 3.15. The highest BCUT2D eigenvalue weighted by atomic mass is 35.5. The summed E-state index contributed by atoms with van der Waals surface area (Å²) in [5, 5.41) is 9.00. The number of amides is 2. The van der Waals surface area contributed by atoms with E-state index >= 15 is 0 Å². The predicted octanol–water partition coefficient (Wildman–Crippen LogP) is -0.216. The first kappa shape index (κ1) is 22.4. The molecule has 3 N–H and O–H groups in total. The van der Waals surface area contributed by atoms with Crippen LogP contribution in [-0.4, -0.2) is 75.7 Å². The Kier molecular flexibility index (Phi) is 9.45. The Morgan fingerprint density at radius 3 is 2.48 bits per heavy atom. The average Bonchev–Trinajstić information content (AvgIpc) is 3.27. The van der Waals surface area contributed by atoms with E-state index in [1.165, 1.54) is 0 Å². The molecular formula is C16H30Cl2N4O3. The maximum absolute atomic E-state index is 12.2. The van der Waals surface area contributed by atoms with Gasteiger partial charge in [0.15, 0.2) is 0 Å². The largest absolute Gasteiger partial charge is 0.379 e. The highest BCUT2D eigenvalue weighted by molar-refractivity contribution is 5.87. The summed E-state index contributed by atoms with van der Waals surface area (Å²) in [5.74, 6) is 0.0626. The number of hydrogen-bond donors (Lipinski definition) is 3. The van der Waals surface area contributed by atoms with Crippen molar-refractivity contribution in [1.82, 2.24) is 20.9 Å². The Hall–Kier alpha value is -0.600. The molecule has 1 unspecified atom stereocenters. The Balaban J connectivity index is 0.00000156. The van der Waals surface area contributed by atoms with Crippen molar-refractivity contribution < 1.29 is 14.3 Å². The van der Waals surface area contributed by atoms with Crippen molar-refractivity contribution in [3.63, 3.8) is 0 Å². The Morgan fingerprint density at radius 2 is 1.80 bits per heavy atom. The maximum atomic E-state index is 12.2. The average molecular weight is 397 g/mol. The molecule has 3 fully saturated rings. The second-order valence-electron chi connectivity index (χ2n) is 6.89. The second kappa shape index (κ2) is 10.5. The standard InChI is InChI=1S/C16H28N4O3.2ClH/c21-14(18-5-6-20-7-9-23-10-8-20)12-19-15(22)13-11-16(13)1-3-17-4-2-16;;/h13,17H,1-12H2,(H,18,21)(H,19,22);2*1H. The highest BCUT2D eigenvalue weighted by Crippen LogP contribution is 2.58.